The topological polar surface area (TPSA) is 78.5 Å². The highest BCUT2D eigenvalue weighted by Gasteiger charge is 2.23. The summed E-state index contributed by atoms with van der Waals surface area (Å²) < 4.78 is 26.5. The average Bonchev–Trinajstić information content (AvgIpc) is 2.61. The molecule has 0 unspecified atom stereocenters. The van der Waals surface area contributed by atoms with E-state index in [1.165, 1.54) is 22.5 Å². The van der Waals surface area contributed by atoms with Gasteiger partial charge in [-0.3, -0.25) is 15.6 Å². The van der Waals surface area contributed by atoms with Crippen molar-refractivity contribution < 1.29 is 13.2 Å². The number of anilines is 1. The molecule has 2 N–H and O–H groups in total. The first-order chi connectivity index (χ1) is 11.9. The van der Waals surface area contributed by atoms with Crippen molar-refractivity contribution in [3.63, 3.8) is 0 Å². The predicted octanol–water partition coefficient (Wildman–Crippen LogP) is 3.13. The molecule has 0 aromatic heterocycles. The Labute approximate surface area is 152 Å². The number of hydrogen-bond acceptors (Lipinski definition) is 4. The van der Waals surface area contributed by atoms with Gasteiger partial charge in [0, 0.05) is 13.1 Å². The molecule has 0 spiro atoms. The summed E-state index contributed by atoms with van der Waals surface area (Å²) in [5, 5.41) is 0.172. The van der Waals surface area contributed by atoms with E-state index in [0.29, 0.717) is 18.8 Å². The Bertz CT molecular complexity index is 837. The Morgan fingerprint density at radius 2 is 1.72 bits per heavy atom. The van der Waals surface area contributed by atoms with Gasteiger partial charge in [0.2, 0.25) is 10.0 Å². The van der Waals surface area contributed by atoms with Crippen LogP contribution in [0.3, 0.4) is 0 Å². The third kappa shape index (κ3) is 4.50. The minimum atomic E-state index is -3.67. The Hall–Kier alpha value is -2.09. The van der Waals surface area contributed by atoms with Crippen LogP contribution < -0.4 is 10.9 Å². The Kier molecular flexibility index (Phi) is 6.41. The second-order valence-corrected chi connectivity index (χ2v) is 7.52. The number of para-hydroxylation sites is 1. The van der Waals surface area contributed by atoms with Crippen LogP contribution in [0.25, 0.3) is 0 Å². The van der Waals surface area contributed by atoms with Crippen LogP contribution in [0, 0.1) is 0 Å². The lowest BCUT2D eigenvalue weighted by atomic mass is 10.2. The summed E-state index contributed by atoms with van der Waals surface area (Å²) in [5.74, 6) is -0.523. The van der Waals surface area contributed by atoms with Gasteiger partial charge in [-0.05, 0) is 30.3 Å². The molecule has 134 valence electrons. The van der Waals surface area contributed by atoms with Crippen molar-refractivity contribution in [2.75, 3.05) is 18.5 Å². The summed E-state index contributed by atoms with van der Waals surface area (Å²) >= 11 is 6.07. The quantitative estimate of drug-likeness (QED) is 0.722. The second-order valence-electron chi connectivity index (χ2n) is 5.18. The van der Waals surface area contributed by atoms with Crippen molar-refractivity contribution in [1.29, 1.82) is 0 Å². The van der Waals surface area contributed by atoms with Crippen LogP contribution >= 0.6 is 11.6 Å². The Morgan fingerprint density at radius 3 is 2.32 bits per heavy atom. The Balaban J connectivity index is 2.25. The number of carbonyl (C=O) groups excluding carboxylic acids is 1. The second kappa shape index (κ2) is 8.33. The van der Waals surface area contributed by atoms with Crippen molar-refractivity contribution in [2.24, 2.45) is 0 Å². The molecule has 2 aromatic carbocycles. The number of benzene rings is 2. The van der Waals surface area contributed by atoms with Crippen molar-refractivity contribution in [1.82, 2.24) is 9.73 Å². The zero-order chi connectivity index (χ0) is 18.4. The average molecular weight is 382 g/mol. The van der Waals surface area contributed by atoms with Gasteiger partial charge in [-0.2, -0.15) is 4.31 Å². The van der Waals surface area contributed by atoms with Gasteiger partial charge in [0.15, 0.2) is 0 Å². The van der Waals surface area contributed by atoms with Gasteiger partial charge >= 0.3 is 0 Å². The normalized spacial score (nSPS) is 11.4. The van der Waals surface area contributed by atoms with Gasteiger partial charge in [-0.15, -0.1) is 0 Å². The molecular formula is C17H20ClN3O3S. The van der Waals surface area contributed by atoms with Crippen molar-refractivity contribution >= 4 is 33.2 Å². The summed E-state index contributed by atoms with van der Waals surface area (Å²) in [5.41, 5.74) is 6.04. The number of hydrogen-bond donors (Lipinski definition) is 2. The van der Waals surface area contributed by atoms with Gasteiger partial charge in [0.1, 0.15) is 0 Å². The molecule has 0 radical (unpaired) electrons. The number of nitrogens with one attached hydrogen (secondary N) is 2. The molecule has 2 aromatic rings. The number of rotatable bonds is 7. The number of carbonyl (C=O) groups is 1. The summed E-state index contributed by atoms with van der Waals surface area (Å²) in [6, 6.07) is 13.2. The maximum absolute atomic E-state index is 12.6. The first-order valence-electron chi connectivity index (χ1n) is 7.81. The molecule has 0 aliphatic carbocycles. The SMILES string of the molecule is CCN(CC)S(=O)(=O)c1ccc(Cl)c(C(=O)NNc2ccccc2)c1. The molecular weight excluding hydrogens is 362 g/mol. The van der Waals surface area contributed by atoms with E-state index in [1.807, 2.05) is 18.2 Å². The molecule has 0 aliphatic heterocycles. The fraction of sp³-hybridized carbons (Fsp3) is 0.235. The van der Waals surface area contributed by atoms with Gasteiger partial charge in [-0.1, -0.05) is 43.6 Å². The van der Waals surface area contributed by atoms with E-state index in [9.17, 15) is 13.2 Å². The lowest BCUT2D eigenvalue weighted by Crippen LogP contribution is -2.32. The van der Waals surface area contributed by atoms with Crippen LogP contribution in [0.15, 0.2) is 53.4 Å². The van der Waals surface area contributed by atoms with Gasteiger partial charge < -0.3 is 0 Å². The summed E-state index contributed by atoms with van der Waals surface area (Å²) in [7, 11) is -3.67. The molecule has 2 rings (SSSR count). The summed E-state index contributed by atoms with van der Waals surface area (Å²) in [6.45, 7) is 4.21. The highest BCUT2D eigenvalue weighted by atomic mass is 35.5. The van der Waals surface area contributed by atoms with Crippen LogP contribution in [-0.2, 0) is 10.0 Å². The van der Waals surface area contributed by atoms with Gasteiger partial charge in [0.25, 0.3) is 5.91 Å². The number of nitrogens with zero attached hydrogens (tertiary/aromatic N) is 1. The zero-order valence-electron chi connectivity index (χ0n) is 14.0. The molecule has 0 heterocycles. The third-order valence-corrected chi connectivity index (χ3v) is 6.00. The lowest BCUT2D eigenvalue weighted by molar-refractivity contribution is 0.0962. The standard InChI is InChI=1S/C17H20ClN3O3S/c1-3-21(4-2)25(23,24)14-10-11-16(18)15(12-14)17(22)20-19-13-8-6-5-7-9-13/h5-12,19H,3-4H2,1-2H3,(H,20,22). The minimum absolute atomic E-state index is 0.0328. The smallest absolute Gasteiger partial charge is 0.271 e. The molecule has 0 bridgehead atoms. The fourth-order valence-corrected chi connectivity index (χ4v) is 3.96. The highest BCUT2D eigenvalue weighted by molar-refractivity contribution is 7.89. The molecule has 0 saturated heterocycles. The molecule has 0 aliphatic rings. The fourth-order valence-electron chi connectivity index (χ4n) is 2.27. The van der Waals surface area contributed by atoms with E-state index in [0.717, 1.165) is 0 Å². The Morgan fingerprint density at radius 1 is 1.08 bits per heavy atom. The number of sulfonamides is 1. The molecule has 0 saturated carbocycles. The lowest BCUT2D eigenvalue weighted by Gasteiger charge is -2.19. The van der Waals surface area contributed by atoms with Gasteiger partial charge in [-0.25, -0.2) is 8.42 Å². The maximum atomic E-state index is 12.6. The van der Waals surface area contributed by atoms with Crippen LogP contribution in [0.2, 0.25) is 5.02 Å². The van der Waals surface area contributed by atoms with Crippen LogP contribution in [0.1, 0.15) is 24.2 Å². The van der Waals surface area contributed by atoms with E-state index in [1.54, 1.807) is 26.0 Å². The molecule has 0 atom stereocenters. The first-order valence-corrected chi connectivity index (χ1v) is 9.63. The largest absolute Gasteiger partial charge is 0.298 e. The van der Waals surface area contributed by atoms with E-state index < -0.39 is 15.9 Å². The number of halogens is 1. The summed E-state index contributed by atoms with van der Waals surface area (Å²) in [4.78, 5) is 12.4. The van der Waals surface area contributed by atoms with E-state index in [2.05, 4.69) is 10.9 Å². The van der Waals surface area contributed by atoms with Crippen LogP contribution in [0.5, 0.6) is 0 Å². The van der Waals surface area contributed by atoms with Crippen molar-refractivity contribution in [3.8, 4) is 0 Å². The summed E-state index contributed by atoms with van der Waals surface area (Å²) in [6.07, 6.45) is 0. The van der Waals surface area contributed by atoms with Crippen LogP contribution in [0.4, 0.5) is 5.69 Å². The van der Waals surface area contributed by atoms with Crippen LogP contribution in [-0.4, -0.2) is 31.7 Å². The third-order valence-electron chi connectivity index (χ3n) is 3.62. The van der Waals surface area contributed by atoms with Crippen molar-refractivity contribution in [3.05, 3.63) is 59.1 Å². The molecule has 0 fully saturated rings. The maximum Gasteiger partial charge on any atom is 0.271 e. The molecule has 25 heavy (non-hydrogen) atoms. The monoisotopic (exact) mass is 381 g/mol. The van der Waals surface area contributed by atoms with E-state index in [-0.39, 0.29) is 15.5 Å². The number of hydrazine groups is 1. The van der Waals surface area contributed by atoms with E-state index >= 15 is 0 Å². The molecule has 6 nitrogen and oxygen atoms in total. The van der Waals surface area contributed by atoms with Gasteiger partial charge in [0.05, 0.1) is 21.2 Å². The highest BCUT2D eigenvalue weighted by Crippen LogP contribution is 2.23. The number of amides is 1. The molecule has 1 amide bonds. The van der Waals surface area contributed by atoms with Crippen molar-refractivity contribution in [2.45, 2.75) is 18.7 Å². The predicted molar refractivity (Wildman–Crippen MR) is 99.1 cm³/mol. The first kappa shape index (κ1) is 19.2. The zero-order valence-corrected chi connectivity index (χ0v) is 15.6. The minimum Gasteiger partial charge on any atom is -0.298 e. The van der Waals surface area contributed by atoms with E-state index in [4.69, 9.17) is 11.6 Å². The molecule has 8 heteroatoms.